The maximum Gasteiger partial charge on any atom is 0.409 e. The lowest BCUT2D eigenvalue weighted by Gasteiger charge is -2.15. The Balaban J connectivity index is 1.98. The molecule has 0 aromatic heterocycles. The first-order chi connectivity index (χ1) is 10.6. The van der Waals surface area contributed by atoms with Crippen LogP contribution in [-0.4, -0.2) is 19.4 Å². The van der Waals surface area contributed by atoms with E-state index in [1.54, 1.807) is 0 Å². The molecule has 1 aliphatic rings. The molecule has 0 aliphatic carbocycles. The summed E-state index contributed by atoms with van der Waals surface area (Å²) in [6, 6.07) is 12.3. The van der Waals surface area contributed by atoms with Gasteiger partial charge in [0.2, 0.25) is 6.29 Å². The molecule has 0 radical (unpaired) electrons. The van der Waals surface area contributed by atoms with Crippen LogP contribution >= 0.6 is 0 Å². The van der Waals surface area contributed by atoms with Gasteiger partial charge in [0.1, 0.15) is 5.75 Å². The van der Waals surface area contributed by atoms with Gasteiger partial charge in [-0.3, -0.25) is 0 Å². The third kappa shape index (κ3) is 2.52. The Morgan fingerprint density at radius 3 is 2.55 bits per heavy atom. The van der Waals surface area contributed by atoms with Crippen LogP contribution in [0.1, 0.15) is 16.7 Å². The topological polar surface area (TPSA) is 47.6 Å². The van der Waals surface area contributed by atoms with E-state index in [1.165, 1.54) is 23.7 Å². The van der Waals surface area contributed by atoms with E-state index in [2.05, 4.69) is 43.4 Å². The average molecular weight is 297 g/mol. The third-order valence-corrected chi connectivity index (χ3v) is 3.93. The molecule has 0 saturated heterocycles. The van der Waals surface area contributed by atoms with Crippen LogP contribution in [0, 0.1) is 13.8 Å². The summed E-state index contributed by atoms with van der Waals surface area (Å²) in [5.41, 5.74) is 5.70. The van der Waals surface area contributed by atoms with Crippen molar-refractivity contribution in [1.29, 1.82) is 0 Å². The van der Waals surface area contributed by atoms with E-state index in [4.69, 9.17) is 9.47 Å². The number of carbonyl (C=O) groups is 1. The van der Waals surface area contributed by atoms with Crippen LogP contribution in [0.5, 0.6) is 5.75 Å². The number of carbonyl (C=O) groups excluding carboxylic acids is 1. The number of hydrogen-bond acceptors (Lipinski definition) is 3. The van der Waals surface area contributed by atoms with E-state index >= 15 is 0 Å². The zero-order chi connectivity index (χ0) is 15.7. The molecule has 2 aromatic carbocycles. The predicted molar refractivity (Wildman–Crippen MR) is 85.0 cm³/mol. The standard InChI is InChI=1S/C18H19NO3/c1-11-6-4-7-12(2)16(11)14-9-5-8-13-10-15(21-17(13)14)22-18(20)19-3/h4-9,15H,10H2,1-3H3,(H,19,20). The number of rotatable bonds is 2. The second kappa shape index (κ2) is 5.72. The van der Waals surface area contributed by atoms with Gasteiger partial charge in [0, 0.05) is 18.2 Å². The van der Waals surface area contributed by atoms with E-state index in [0.29, 0.717) is 6.42 Å². The number of nitrogens with one attached hydrogen (secondary N) is 1. The van der Waals surface area contributed by atoms with Crippen molar-refractivity contribution in [2.24, 2.45) is 0 Å². The minimum atomic E-state index is -0.569. The van der Waals surface area contributed by atoms with Crippen LogP contribution in [-0.2, 0) is 11.2 Å². The number of benzene rings is 2. The summed E-state index contributed by atoms with van der Waals surface area (Å²) in [6.07, 6.45) is -0.478. The van der Waals surface area contributed by atoms with Gasteiger partial charge in [0.25, 0.3) is 0 Å². The van der Waals surface area contributed by atoms with E-state index in [9.17, 15) is 4.79 Å². The Kier molecular flexibility index (Phi) is 3.75. The number of para-hydroxylation sites is 1. The van der Waals surface area contributed by atoms with Crippen LogP contribution in [0.3, 0.4) is 0 Å². The first-order valence-corrected chi connectivity index (χ1v) is 7.33. The monoisotopic (exact) mass is 297 g/mol. The maximum atomic E-state index is 11.4. The van der Waals surface area contributed by atoms with Crippen LogP contribution in [0.4, 0.5) is 4.79 Å². The summed E-state index contributed by atoms with van der Waals surface area (Å²) < 4.78 is 11.1. The molecule has 4 nitrogen and oxygen atoms in total. The van der Waals surface area contributed by atoms with Crippen LogP contribution in [0.25, 0.3) is 11.1 Å². The van der Waals surface area contributed by atoms with Crippen LogP contribution in [0.2, 0.25) is 0 Å². The normalized spacial score (nSPS) is 15.9. The molecule has 0 bridgehead atoms. The summed E-state index contributed by atoms with van der Waals surface area (Å²) in [7, 11) is 1.53. The lowest BCUT2D eigenvalue weighted by molar-refractivity contribution is -0.0153. The lowest BCUT2D eigenvalue weighted by Crippen LogP contribution is -2.28. The number of hydrogen-bond donors (Lipinski definition) is 1. The quantitative estimate of drug-likeness (QED) is 0.921. The highest BCUT2D eigenvalue weighted by molar-refractivity contribution is 5.78. The molecule has 1 unspecified atom stereocenters. The Morgan fingerprint density at radius 1 is 1.18 bits per heavy atom. The molecule has 0 spiro atoms. The van der Waals surface area contributed by atoms with Gasteiger partial charge in [-0.1, -0.05) is 36.4 Å². The average Bonchev–Trinajstić information content (AvgIpc) is 2.90. The highest BCUT2D eigenvalue weighted by Gasteiger charge is 2.28. The Hall–Kier alpha value is -2.49. The van der Waals surface area contributed by atoms with Gasteiger partial charge < -0.3 is 14.8 Å². The number of amides is 1. The molecule has 1 amide bonds. The first kappa shape index (κ1) is 14.4. The van der Waals surface area contributed by atoms with Crippen molar-refractivity contribution < 1.29 is 14.3 Å². The minimum Gasteiger partial charge on any atom is -0.453 e. The molecular formula is C18H19NO3. The molecule has 1 N–H and O–H groups in total. The number of aryl methyl sites for hydroxylation is 2. The zero-order valence-corrected chi connectivity index (χ0v) is 13.0. The van der Waals surface area contributed by atoms with E-state index < -0.39 is 12.4 Å². The Labute approximate surface area is 130 Å². The van der Waals surface area contributed by atoms with Crippen molar-refractivity contribution in [1.82, 2.24) is 5.32 Å². The van der Waals surface area contributed by atoms with E-state index in [0.717, 1.165) is 16.9 Å². The fourth-order valence-corrected chi connectivity index (χ4v) is 2.92. The highest BCUT2D eigenvalue weighted by atomic mass is 16.7. The molecule has 2 aromatic rings. The second-order valence-corrected chi connectivity index (χ2v) is 5.47. The summed E-state index contributed by atoms with van der Waals surface area (Å²) in [4.78, 5) is 11.4. The SMILES string of the molecule is CNC(=O)OC1Cc2cccc(-c3c(C)cccc3C)c2O1. The lowest BCUT2D eigenvalue weighted by atomic mass is 9.94. The Morgan fingerprint density at radius 2 is 1.86 bits per heavy atom. The molecule has 0 saturated carbocycles. The zero-order valence-electron chi connectivity index (χ0n) is 13.0. The summed E-state index contributed by atoms with van der Waals surface area (Å²) >= 11 is 0. The van der Waals surface area contributed by atoms with Crippen molar-refractivity contribution in [2.75, 3.05) is 7.05 Å². The van der Waals surface area contributed by atoms with Gasteiger partial charge >= 0.3 is 6.09 Å². The van der Waals surface area contributed by atoms with Gasteiger partial charge in [-0.05, 0) is 30.5 Å². The van der Waals surface area contributed by atoms with Crippen LogP contribution in [0.15, 0.2) is 36.4 Å². The van der Waals surface area contributed by atoms with E-state index in [1.807, 2.05) is 12.1 Å². The second-order valence-electron chi connectivity index (χ2n) is 5.47. The van der Waals surface area contributed by atoms with Crippen molar-refractivity contribution in [2.45, 2.75) is 26.6 Å². The number of alkyl carbamates (subject to hydrolysis) is 1. The molecule has 3 rings (SSSR count). The smallest absolute Gasteiger partial charge is 0.409 e. The summed E-state index contributed by atoms with van der Waals surface area (Å²) in [6.45, 7) is 4.18. The molecule has 1 heterocycles. The highest BCUT2D eigenvalue weighted by Crippen LogP contribution is 2.41. The first-order valence-electron chi connectivity index (χ1n) is 7.33. The number of fused-ring (bicyclic) bond motifs is 1. The molecule has 1 atom stereocenters. The molecular weight excluding hydrogens is 278 g/mol. The Bertz CT molecular complexity index is 704. The van der Waals surface area contributed by atoms with Gasteiger partial charge in [0.05, 0.1) is 6.42 Å². The number of ether oxygens (including phenoxy) is 2. The van der Waals surface area contributed by atoms with Crippen molar-refractivity contribution >= 4 is 6.09 Å². The minimum absolute atomic E-state index is 0.480. The van der Waals surface area contributed by atoms with Crippen molar-refractivity contribution in [3.8, 4) is 16.9 Å². The fourth-order valence-electron chi connectivity index (χ4n) is 2.92. The maximum absolute atomic E-state index is 11.4. The summed E-state index contributed by atoms with van der Waals surface area (Å²) in [5, 5.41) is 2.44. The van der Waals surface area contributed by atoms with Gasteiger partial charge in [-0.2, -0.15) is 0 Å². The van der Waals surface area contributed by atoms with Crippen molar-refractivity contribution in [3.63, 3.8) is 0 Å². The summed E-state index contributed by atoms with van der Waals surface area (Å²) in [5.74, 6) is 0.814. The molecule has 0 fully saturated rings. The van der Waals surface area contributed by atoms with Gasteiger partial charge in [-0.25, -0.2) is 4.79 Å². The predicted octanol–water partition coefficient (Wildman–Crippen LogP) is 3.59. The largest absolute Gasteiger partial charge is 0.453 e. The van der Waals surface area contributed by atoms with Gasteiger partial charge in [-0.15, -0.1) is 0 Å². The van der Waals surface area contributed by atoms with Gasteiger partial charge in [0.15, 0.2) is 0 Å². The molecule has 22 heavy (non-hydrogen) atoms. The molecule has 114 valence electrons. The van der Waals surface area contributed by atoms with E-state index in [-0.39, 0.29) is 0 Å². The van der Waals surface area contributed by atoms with Crippen LogP contribution < -0.4 is 10.1 Å². The van der Waals surface area contributed by atoms with Crippen molar-refractivity contribution in [3.05, 3.63) is 53.1 Å². The fraction of sp³-hybridized carbons (Fsp3) is 0.278. The third-order valence-electron chi connectivity index (χ3n) is 3.93. The molecule has 4 heteroatoms. The molecule has 1 aliphatic heterocycles.